The molecule has 0 fully saturated rings. The fourth-order valence-electron chi connectivity index (χ4n) is 4.50. The Kier molecular flexibility index (Phi) is 17.8. The van der Waals surface area contributed by atoms with Crippen LogP contribution >= 0.6 is 0 Å². The molecule has 0 aliphatic rings. The smallest absolute Gasteiger partial charge is 0.326 e. The average Bonchev–Trinajstić information content (AvgIpc) is 3.52. The van der Waals surface area contributed by atoms with Gasteiger partial charge in [0.1, 0.15) is 30.2 Å². The van der Waals surface area contributed by atoms with Gasteiger partial charge in [-0.25, -0.2) is 9.78 Å². The summed E-state index contributed by atoms with van der Waals surface area (Å²) in [5, 5.41) is 30.9. The van der Waals surface area contributed by atoms with Crippen LogP contribution in [0.15, 0.2) is 12.5 Å². The van der Waals surface area contributed by atoms with Gasteiger partial charge in [-0.15, -0.1) is 0 Å². The predicted octanol–water partition coefficient (Wildman–Crippen LogP) is -1.89. The van der Waals surface area contributed by atoms with Gasteiger partial charge in [-0.2, -0.15) is 0 Å². The van der Waals surface area contributed by atoms with Gasteiger partial charge < -0.3 is 53.2 Å². The highest BCUT2D eigenvalue weighted by molar-refractivity contribution is 5.96. The topological polar surface area (TPSA) is 301 Å². The second-order valence-electron chi connectivity index (χ2n) is 12.3. The molecule has 0 aromatic carbocycles. The Bertz CT molecular complexity index is 1240. The summed E-state index contributed by atoms with van der Waals surface area (Å²) < 4.78 is 0. The van der Waals surface area contributed by atoms with Gasteiger partial charge in [-0.1, -0.05) is 34.1 Å². The minimum absolute atomic E-state index is 0.0240. The van der Waals surface area contributed by atoms with Crippen molar-refractivity contribution < 1.29 is 43.8 Å². The molecule has 0 aliphatic carbocycles. The zero-order valence-electron chi connectivity index (χ0n) is 28.1. The quantitative estimate of drug-likeness (QED) is 0.0601. The maximum absolute atomic E-state index is 13.3. The van der Waals surface area contributed by atoms with E-state index in [-0.39, 0.29) is 12.8 Å². The first-order valence-corrected chi connectivity index (χ1v) is 15.9. The zero-order valence-corrected chi connectivity index (χ0v) is 28.1. The summed E-state index contributed by atoms with van der Waals surface area (Å²) >= 11 is 0. The first kappa shape index (κ1) is 41.4. The second kappa shape index (κ2) is 20.6. The van der Waals surface area contributed by atoms with Crippen molar-refractivity contribution in [2.45, 2.75) is 109 Å². The number of H-pyrrole nitrogens is 1. The molecule has 1 heterocycles. The van der Waals surface area contributed by atoms with Gasteiger partial charge in [-0.05, 0) is 44.6 Å². The van der Waals surface area contributed by atoms with Gasteiger partial charge in [-0.3, -0.25) is 28.8 Å². The lowest BCUT2D eigenvalue weighted by Gasteiger charge is -2.29. The largest absolute Gasteiger partial charge is 0.481 e. The first-order valence-electron chi connectivity index (χ1n) is 15.9. The number of amides is 5. The van der Waals surface area contributed by atoms with Crippen LogP contribution in [0.1, 0.15) is 72.4 Å². The summed E-state index contributed by atoms with van der Waals surface area (Å²) in [6.45, 7) is 8.38. The van der Waals surface area contributed by atoms with Crippen LogP contribution in [-0.4, -0.2) is 104 Å². The number of carbonyl (C=O) groups excluding carboxylic acids is 5. The van der Waals surface area contributed by atoms with Crippen LogP contribution in [0.2, 0.25) is 0 Å². The summed E-state index contributed by atoms with van der Waals surface area (Å²) in [6.07, 6.45) is 3.74. The van der Waals surface area contributed by atoms with E-state index in [1.165, 1.54) is 19.4 Å². The first-order chi connectivity index (χ1) is 22.5. The van der Waals surface area contributed by atoms with E-state index in [4.69, 9.17) is 16.6 Å². The number of nitrogens with one attached hydrogen (secondary N) is 6. The normalized spacial score (nSPS) is 14.9. The number of aromatic nitrogens is 2. The summed E-state index contributed by atoms with van der Waals surface area (Å²) in [5.41, 5.74) is 12.0. The van der Waals surface area contributed by atoms with Crippen molar-refractivity contribution in [2.24, 2.45) is 23.3 Å². The molecule has 5 amide bonds. The number of rotatable bonds is 22. The molecule has 0 saturated carbocycles. The fraction of sp³-hybridized carbons (Fsp3) is 0.667. The van der Waals surface area contributed by atoms with Crippen molar-refractivity contribution >= 4 is 41.5 Å². The van der Waals surface area contributed by atoms with E-state index in [1.807, 2.05) is 0 Å². The molecule has 18 heteroatoms. The number of carbonyl (C=O) groups is 7. The van der Waals surface area contributed by atoms with E-state index in [9.17, 15) is 38.7 Å². The monoisotopic (exact) mass is 681 g/mol. The molecule has 0 spiro atoms. The Balaban J connectivity index is 2.98. The third kappa shape index (κ3) is 14.5. The van der Waals surface area contributed by atoms with Crippen molar-refractivity contribution in [3.8, 4) is 0 Å². The predicted molar refractivity (Wildman–Crippen MR) is 173 cm³/mol. The fourth-order valence-corrected chi connectivity index (χ4v) is 4.50. The standard InChI is InChI=1S/C30H51N9O9/c1-15(2)23(28(45)36-20(30(47)48)9-10-22(40)41)39-29(46)24(16(3)4)38-25(42)17(5)35-27(44)21(12-18-13-33-14-34-18)37-26(43)19(32)8-6-7-11-31/h13-17,19-21,23-24H,6-12,31-32H2,1-5H3,(H,33,34)(H,35,44)(H,36,45)(H,37,43)(H,38,42)(H,39,46)(H,40,41)(H,47,48). The highest BCUT2D eigenvalue weighted by Gasteiger charge is 2.34. The molecule has 1 rings (SSSR count). The van der Waals surface area contributed by atoms with Crippen molar-refractivity contribution in [3.05, 3.63) is 18.2 Å². The van der Waals surface area contributed by atoms with Crippen LogP contribution < -0.4 is 38.1 Å². The van der Waals surface area contributed by atoms with E-state index < -0.39 is 96.0 Å². The van der Waals surface area contributed by atoms with E-state index in [0.717, 1.165) is 0 Å². The second-order valence-corrected chi connectivity index (χ2v) is 12.3. The number of imidazole rings is 1. The Morgan fingerprint density at radius 3 is 1.81 bits per heavy atom. The summed E-state index contributed by atoms with van der Waals surface area (Å²) in [4.78, 5) is 94.7. The van der Waals surface area contributed by atoms with Crippen molar-refractivity contribution in [1.29, 1.82) is 0 Å². The van der Waals surface area contributed by atoms with Gasteiger partial charge in [0, 0.05) is 24.7 Å². The molecule has 0 saturated heterocycles. The number of aliphatic carboxylic acids is 2. The van der Waals surface area contributed by atoms with Crippen LogP contribution in [0.4, 0.5) is 0 Å². The molecule has 1 aromatic heterocycles. The van der Waals surface area contributed by atoms with Crippen LogP contribution in [0, 0.1) is 11.8 Å². The Labute approximate surface area is 279 Å². The lowest BCUT2D eigenvalue weighted by atomic mass is 9.99. The molecule has 0 radical (unpaired) electrons. The highest BCUT2D eigenvalue weighted by atomic mass is 16.4. The molecule has 0 aliphatic heterocycles. The summed E-state index contributed by atoms with van der Waals surface area (Å²) in [5.74, 6) is -7.21. The molecule has 6 atom stereocenters. The number of nitrogens with zero attached hydrogens (tertiary/aromatic N) is 1. The molecule has 18 nitrogen and oxygen atoms in total. The van der Waals surface area contributed by atoms with Gasteiger partial charge in [0.05, 0.1) is 12.4 Å². The van der Waals surface area contributed by atoms with Crippen molar-refractivity contribution in [3.63, 3.8) is 0 Å². The minimum Gasteiger partial charge on any atom is -0.481 e. The number of carboxylic acids is 2. The van der Waals surface area contributed by atoms with Crippen LogP contribution in [0.25, 0.3) is 0 Å². The highest BCUT2D eigenvalue weighted by Crippen LogP contribution is 2.09. The van der Waals surface area contributed by atoms with Gasteiger partial charge in [0.25, 0.3) is 0 Å². The molecular formula is C30H51N9O9. The lowest BCUT2D eigenvalue weighted by molar-refractivity contribution is -0.143. The van der Waals surface area contributed by atoms with E-state index >= 15 is 0 Å². The molecular weight excluding hydrogens is 630 g/mol. The molecule has 0 bridgehead atoms. The third-order valence-electron chi connectivity index (χ3n) is 7.43. The average molecular weight is 682 g/mol. The number of nitrogens with two attached hydrogens (primary N) is 2. The zero-order chi connectivity index (χ0) is 36.6. The third-order valence-corrected chi connectivity index (χ3v) is 7.43. The van der Waals surface area contributed by atoms with Crippen LogP contribution in [-0.2, 0) is 40.0 Å². The Hall–Kier alpha value is -4.58. The lowest BCUT2D eigenvalue weighted by Crippen LogP contribution is -2.60. The van der Waals surface area contributed by atoms with Crippen molar-refractivity contribution in [2.75, 3.05) is 6.54 Å². The Morgan fingerprint density at radius 1 is 0.750 bits per heavy atom. The maximum Gasteiger partial charge on any atom is 0.326 e. The summed E-state index contributed by atoms with van der Waals surface area (Å²) in [6, 6.07) is -7.04. The Morgan fingerprint density at radius 2 is 1.31 bits per heavy atom. The summed E-state index contributed by atoms with van der Waals surface area (Å²) in [7, 11) is 0. The number of carboxylic acid groups (broad SMARTS) is 2. The van der Waals surface area contributed by atoms with E-state index in [2.05, 4.69) is 36.6 Å². The van der Waals surface area contributed by atoms with Crippen molar-refractivity contribution in [1.82, 2.24) is 36.6 Å². The van der Waals surface area contributed by atoms with Gasteiger partial charge >= 0.3 is 11.9 Å². The van der Waals surface area contributed by atoms with E-state index in [1.54, 1.807) is 27.7 Å². The van der Waals surface area contributed by atoms with Crippen LogP contribution in [0.5, 0.6) is 0 Å². The van der Waals surface area contributed by atoms with E-state index in [0.29, 0.717) is 31.5 Å². The molecule has 270 valence electrons. The van der Waals surface area contributed by atoms with Gasteiger partial charge in [0.15, 0.2) is 0 Å². The minimum atomic E-state index is -1.49. The number of unbranched alkanes of at least 4 members (excludes halogenated alkanes) is 1. The molecule has 12 N–H and O–H groups in total. The number of aromatic amines is 1. The molecule has 1 aromatic rings. The van der Waals surface area contributed by atoms with Crippen LogP contribution in [0.3, 0.4) is 0 Å². The van der Waals surface area contributed by atoms with Gasteiger partial charge in [0.2, 0.25) is 29.5 Å². The number of hydrogen-bond acceptors (Lipinski definition) is 10. The SMILES string of the molecule is CC(NC(=O)C(Cc1cnc[nH]1)NC(=O)C(N)CCCCN)C(=O)NC(C(=O)NC(C(=O)NC(CCC(=O)O)C(=O)O)C(C)C)C(C)C. The number of hydrogen-bond donors (Lipinski definition) is 10. The maximum atomic E-state index is 13.3. The molecule has 6 unspecified atom stereocenters. The molecule has 48 heavy (non-hydrogen) atoms.